The minimum absolute atomic E-state index is 0.00649. The topological polar surface area (TPSA) is 101 Å². The number of carbonyl (C=O) groups is 3. The minimum atomic E-state index is -4.10. The van der Waals surface area contributed by atoms with Crippen LogP contribution in [0.25, 0.3) is 0 Å². The third-order valence-corrected chi connectivity index (χ3v) is 8.74. The van der Waals surface area contributed by atoms with E-state index in [1.54, 1.807) is 6.92 Å². The first kappa shape index (κ1) is 27.0. The van der Waals surface area contributed by atoms with Gasteiger partial charge in [0.25, 0.3) is 5.91 Å². The van der Waals surface area contributed by atoms with E-state index in [0.29, 0.717) is 11.4 Å². The molecule has 2 aromatic rings. The van der Waals surface area contributed by atoms with Gasteiger partial charge in [0.1, 0.15) is 6.04 Å². The van der Waals surface area contributed by atoms with Crippen molar-refractivity contribution >= 4 is 45.1 Å². The van der Waals surface area contributed by atoms with Gasteiger partial charge in [-0.3, -0.25) is 9.59 Å². The Labute approximate surface area is 221 Å². The quantitative estimate of drug-likeness (QED) is 0.257. The van der Waals surface area contributed by atoms with E-state index >= 15 is 0 Å². The van der Waals surface area contributed by atoms with Gasteiger partial charge in [-0.15, -0.1) is 0 Å². The summed E-state index contributed by atoms with van der Waals surface area (Å²) in [5.41, 5.74) is 1.71. The van der Waals surface area contributed by atoms with Crippen LogP contribution in [0.3, 0.4) is 0 Å². The Morgan fingerprint density at radius 3 is 2.41 bits per heavy atom. The Kier molecular flexibility index (Phi) is 8.46. The van der Waals surface area contributed by atoms with Gasteiger partial charge in [0.2, 0.25) is 15.9 Å². The van der Waals surface area contributed by atoms with Crippen molar-refractivity contribution in [2.45, 2.75) is 56.4 Å². The van der Waals surface area contributed by atoms with E-state index in [-0.39, 0.29) is 35.7 Å². The van der Waals surface area contributed by atoms with Crippen LogP contribution in [0.1, 0.15) is 55.8 Å². The molecule has 0 aromatic heterocycles. The number of ether oxygens (including phenoxy) is 1. The maximum absolute atomic E-state index is 13.7. The molecule has 4 rings (SSSR count). The average Bonchev–Trinajstić information content (AvgIpc) is 3.18. The van der Waals surface area contributed by atoms with Crippen LogP contribution in [0.2, 0.25) is 5.02 Å². The number of anilines is 1. The molecule has 1 aliphatic heterocycles. The summed E-state index contributed by atoms with van der Waals surface area (Å²) in [7, 11) is -4.10. The fraction of sp³-hybridized carbons (Fsp3) is 0.370. The number of sulfonamides is 1. The third-order valence-electron chi connectivity index (χ3n) is 6.57. The van der Waals surface area contributed by atoms with E-state index in [9.17, 15) is 22.8 Å². The van der Waals surface area contributed by atoms with Crippen molar-refractivity contribution in [1.82, 2.24) is 4.31 Å². The summed E-state index contributed by atoms with van der Waals surface area (Å²) >= 11 is 5.96. The summed E-state index contributed by atoms with van der Waals surface area (Å²) < 4.78 is 33.5. The number of hydrogen-bond acceptors (Lipinski definition) is 6. The fourth-order valence-corrected chi connectivity index (χ4v) is 6.35. The molecule has 1 heterocycles. The van der Waals surface area contributed by atoms with Crippen LogP contribution in [0, 0.1) is 0 Å². The number of hydrogen-bond donors (Lipinski definition) is 0. The lowest BCUT2D eigenvalue weighted by Gasteiger charge is -2.28. The highest BCUT2D eigenvalue weighted by Gasteiger charge is 2.46. The largest absolute Gasteiger partial charge is 0.462 e. The van der Waals surface area contributed by atoms with Gasteiger partial charge < -0.3 is 4.74 Å². The molecule has 8 nitrogen and oxygen atoms in total. The van der Waals surface area contributed by atoms with E-state index < -0.39 is 33.8 Å². The Balaban J connectivity index is 1.63. The second-order valence-corrected chi connectivity index (χ2v) is 11.3. The Morgan fingerprint density at radius 1 is 1.08 bits per heavy atom. The fourth-order valence-electron chi connectivity index (χ4n) is 4.64. The van der Waals surface area contributed by atoms with Crippen molar-refractivity contribution in [2.75, 3.05) is 18.1 Å². The number of benzene rings is 2. The summed E-state index contributed by atoms with van der Waals surface area (Å²) in [6.07, 6.45) is 6.35. The summed E-state index contributed by atoms with van der Waals surface area (Å²) in [6.45, 7) is 2.00. The maximum Gasteiger partial charge on any atom is 0.338 e. The highest BCUT2D eigenvalue weighted by atomic mass is 35.5. The molecule has 196 valence electrons. The maximum atomic E-state index is 13.7. The number of allylic oxidation sites excluding steroid dienone is 1. The first-order chi connectivity index (χ1) is 17.7. The molecule has 2 amide bonds. The van der Waals surface area contributed by atoms with E-state index in [2.05, 4.69) is 6.08 Å². The van der Waals surface area contributed by atoms with Crippen LogP contribution in [0.4, 0.5) is 5.69 Å². The number of carbonyl (C=O) groups excluding carboxylic acids is 3. The van der Waals surface area contributed by atoms with Crippen LogP contribution in [-0.2, 0) is 24.3 Å². The zero-order valence-electron chi connectivity index (χ0n) is 20.6. The average molecular weight is 545 g/mol. The third kappa shape index (κ3) is 5.95. The van der Waals surface area contributed by atoms with Gasteiger partial charge >= 0.3 is 5.97 Å². The lowest BCUT2D eigenvalue weighted by molar-refractivity contribution is -0.122. The highest BCUT2D eigenvalue weighted by molar-refractivity contribution is 7.89. The van der Waals surface area contributed by atoms with E-state index in [4.69, 9.17) is 16.3 Å². The zero-order valence-corrected chi connectivity index (χ0v) is 22.1. The second-order valence-electron chi connectivity index (χ2n) is 8.98. The molecule has 0 spiro atoms. The van der Waals surface area contributed by atoms with Crippen molar-refractivity contribution in [3.05, 3.63) is 70.8 Å². The molecule has 0 N–H and O–H groups in total. The number of amides is 2. The first-order valence-electron chi connectivity index (χ1n) is 12.3. The smallest absolute Gasteiger partial charge is 0.338 e. The molecule has 1 saturated heterocycles. The number of nitrogens with zero attached hydrogens (tertiary/aromatic N) is 2. The molecule has 0 radical (unpaired) electrons. The lowest BCUT2D eigenvalue weighted by Crippen LogP contribution is -2.46. The van der Waals surface area contributed by atoms with Crippen LogP contribution in [0.5, 0.6) is 0 Å². The molecular weight excluding hydrogens is 516 g/mol. The molecule has 2 aromatic carbocycles. The number of imide groups is 1. The molecule has 1 unspecified atom stereocenters. The van der Waals surface area contributed by atoms with Gasteiger partial charge in [0, 0.05) is 11.6 Å². The molecule has 0 saturated carbocycles. The molecule has 0 bridgehead atoms. The Morgan fingerprint density at radius 2 is 1.78 bits per heavy atom. The molecular formula is C27H29ClN2O6S. The first-order valence-corrected chi connectivity index (χ1v) is 14.1. The molecule has 1 aliphatic carbocycles. The molecule has 2 aliphatic rings. The van der Waals surface area contributed by atoms with Gasteiger partial charge in [-0.25, -0.2) is 18.1 Å². The molecule has 1 fully saturated rings. The van der Waals surface area contributed by atoms with E-state index in [1.807, 2.05) is 0 Å². The molecule has 1 atom stereocenters. The van der Waals surface area contributed by atoms with Crippen molar-refractivity contribution in [1.29, 1.82) is 0 Å². The number of halogens is 1. The van der Waals surface area contributed by atoms with E-state index in [1.165, 1.54) is 48.5 Å². The molecule has 37 heavy (non-hydrogen) atoms. The lowest BCUT2D eigenvalue weighted by atomic mass is 9.97. The normalized spacial score (nSPS) is 18.3. The predicted octanol–water partition coefficient (Wildman–Crippen LogP) is 4.73. The monoisotopic (exact) mass is 544 g/mol. The van der Waals surface area contributed by atoms with Gasteiger partial charge in [0.05, 0.1) is 29.2 Å². The van der Waals surface area contributed by atoms with Crippen molar-refractivity contribution in [3.8, 4) is 0 Å². The minimum Gasteiger partial charge on any atom is -0.462 e. The van der Waals surface area contributed by atoms with Gasteiger partial charge in [-0.05, 0) is 87.6 Å². The van der Waals surface area contributed by atoms with Crippen LogP contribution >= 0.6 is 11.6 Å². The van der Waals surface area contributed by atoms with Gasteiger partial charge in [-0.2, -0.15) is 4.31 Å². The van der Waals surface area contributed by atoms with E-state index in [0.717, 1.165) is 40.5 Å². The van der Waals surface area contributed by atoms with Crippen LogP contribution in [-0.4, -0.2) is 49.7 Å². The van der Waals surface area contributed by atoms with Gasteiger partial charge in [0.15, 0.2) is 0 Å². The van der Waals surface area contributed by atoms with Crippen molar-refractivity contribution < 1.29 is 27.5 Å². The standard InChI is InChI=1S/C27H29ClN2O6S/c1-2-36-27(33)20-8-12-22(13-9-20)30-25(31)18-24(26(30)32)29(17-16-19-6-4-3-5-7-19)37(34,35)23-14-10-21(28)11-15-23/h6,8-15,24H,2-5,7,16-18H2,1H3. The van der Waals surface area contributed by atoms with Gasteiger partial charge in [-0.1, -0.05) is 23.3 Å². The number of esters is 1. The summed E-state index contributed by atoms with van der Waals surface area (Å²) in [5.74, 6) is -1.64. The second kappa shape index (κ2) is 11.6. The Hall–Kier alpha value is -3.01. The summed E-state index contributed by atoms with van der Waals surface area (Å²) in [5, 5.41) is 0.391. The van der Waals surface area contributed by atoms with Crippen LogP contribution in [0.15, 0.2) is 65.1 Å². The Bertz CT molecular complexity index is 1310. The summed E-state index contributed by atoms with van der Waals surface area (Å²) in [4.78, 5) is 39.5. The van der Waals surface area contributed by atoms with Crippen molar-refractivity contribution in [2.24, 2.45) is 0 Å². The van der Waals surface area contributed by atoms with Crippen LogP contribution < -0.4 is 4.90 Å². The zero-order chi connectivity index (χ0) is 26.6. The highest BCUT2D eigenvalue weighted by Crippen LogP contribution is 2.31. The summed E-state index contributed by atoms with van der Waals surface area (Å²) in [6, 6.07) is 10.5. The predicted molar refractivity (Wildman–Crippen MR) is 140 cm³/mol. The molecule has 10 heteroatoms. The SMILES string of the molecule is CCOC(=O)c1ccc(N2C(=O)CC(N(CCC3=CCCCC3)S(=O)(=O)c3ccc(Cl)cc3)C2=O)cc1. The van der Waals surface area contributed by atoms with Crippen molar-refractivity contribution in [3.63, 3.8) is 0 Å². The number of rotatable bonds is 9.